The van der Waals surface area contributed by atoms with E-state index in [1.54, 1.807) is 0 Å². The quantitative estimate of drug-likeness (QED) is 0.524. The number of ether oxygens (including phenoxy) is 1. The Morgan fingerprint density at radius 2 is 1.94 bits per heavy atom. The zero-order valence-electron chi connectivity index (χ0n) is 21.7. The first-order valence-electron chi connectivity index (χ1n) is 13.1. The summed E-state index contributed by atoms with van der Waals surface area (Å²) in [5, 5.41) is 8.69. The average Bonchev–Trinajstić information content (AvgIpc) is 3.24. The van der Waals surface area contributed by atoms with Gasteiger partial charge >= 0.3 is 6.09 Å². The van der Waals surface area contributed by atoms with Crippen molar-refractivity contribution in [1.82, 2.24) is 20.9 Å². The number of carbonyl (C=O) groups excluding carboxylic acids is 4. The Kier molecular flexibility index (Phi) is 8.83. The molecule has 2 fully saturated rings. The molecule has 1 saturated carbocycles. The first kappa shape index (κ1) is 27.0. The van der Waals surface area contributed by atoms with Crippen molar-refractivity contribution >= 4 is 23.8 Å². The lowest BCUT2D eigenvalue weighted by Crippen LogP contribution is -2.57. The van der Waals surface area contributed by atoms with Crippen LogP contribution in [0.1, 0.15) is 85.5 Å². The van der Waals surface area contributed by atoms with Gasteiger partial charge in [-0.2, -0.15) is 0 Å². The van der Waals surface area contributed by atoms with Crippen LogP contribution in [-0.2, 0) is 19.1 Å². The molecule has 0 aromatic rings. The Balaban J connectivity index is 1.80. The minimum atomic E-state index is -0.956. The van der Waals surface area contributed by atoms with E-state index in [9.17, 15) is 19.2 Å². The molecule has 196 valence electrons. The fraction of sp³-hybridized carbons (Fsp3) is 0.769. The molecule has 35 heavy (non-hydrogen) atoms. The van der Waals surface area contributed by atoms with Crippen molar-refractivity contribution in [2.45, 2.75) is 109 Å². The van der Waals surface area contributed by atoms with Gasteiger partial charge in [0.15, 0.2) is 6.10 Å². The van der Waals surface area contributed by atoms with Crippen molar-refractivity contribution in [3.8, 4) is 0 Å². The highest BCUT2D eigenvalue weighted by Crippen LogP contribution is 2.45. The molecule has 0 aromatic carbocycles. The number of nitrogens with one attached hydrogen (secondary N) is 3. The molecule has 3 N–H and O–H groups in total. The minimum absolute atomic E-state index is 0.0452. The van der Waals surface area contributed by atoms with Crippen LogP contribution >= 0.6 is 0 Å². The largest absolute Gasteiger partial charge is 0.436 e. The van der Waals surface area contributed by atoms with Gasteiger partial charge in [-0.05, 0) is 72.1 Å². The van der Waals surface area contributed by atoms with Crippen LogP contribution in [-0.4, -0.2) is 65.0 Å². The van der Waals surface area contributed by atoms with E-state index in [4.69, 9.17) is 4.74 Å². The number of carbonyl (C=O) groups is 4. The molecule has 0 unspecified atom stereocenters. The zero-order valence-corrected chi connectivity index (χ0v) is 21.7. The fourth-order valence-electron chi connectivity index (χ4n) is 4.90. The Bertz CT molecular complexity index is 836. The van der Waals surface area contributed by atoms with E-state index in [1.165, 1.54) is 4.90 Å². The SMILES string of the molecule is CCCNC(=O)[C@@]12C[C@H]1C=CCCCCC[C@H](OC(=O)NC(C)(C)C)C(=O)N1CCC[C@H]1C(=O)N2. The Hall–Kier alpha value is -2.58. The molecule has 1 aliphatic carbocycles. The third-order valence-corrected chi connectivity index (χ3v) is 6.85. The Morgan fingerprint density at radius 1 is 1.17 bits per heavy atom. The molecule has 0 bridgehead atoms. The van der Waals surface area contributed by atoms with Gasteiger partial charge in [-0.25, -0.2) is 4.79 Å². The lowest BCUT2D eigenvalue weighted by molar-refractivity contribution is -0.146. The molecule has 4 atom stereocenters. The number of alkyl carbamates (subject to hydrolysis) is 1. The summed E-state index contributed by atoms with van der Waals surface area (Å²) in [5.41, 5.74) is -1.45. The predicted molar refractivity (Wildman–Crippen MR) is 132 cm³/mol. The molecule has 2 aliphatic heterocycles. The van der Waals surface area contributed by atoms with E-state index >= 15 is 0 Å². The van der Waals surface area contributed by atoms with Crippen LogP contribution in [0.3, 0.4) is 0 Å². The predicted octanol–water partition coefficient (Wildman–Crippen LogP) is 2.79. The van der Waals surface area contributed by atoms with Crippen LogP contribution in [0.5, 0.6) is 0 Å². The third-order valence-electron chi connectivity index (χ3n) is 6.85. The second kappa shape index (κ2) is 11.4. The van der Waals surface area contributed by atoms with Gasteiger partial charge in [-0.1, -0.05) is 25.5 Å². The summed E-state index contributed by atoms with van der Waals surface area (Å²) in [6.45, 7) is 8.50. The van der Waals surface area contributed by atoms with Gasteiger partial charge in [0.2, 0.25) is 11.8 Å². The van der Waals surface area contributed by atoms with Gasteiger partial charge in [-0.15, -0.1) is 0 Å². The monoisotopic (exact) mass is 490 g/mol. The highest BCUT2D eigenvalue weighted by molar-refractivity contribution is 5.98. The average molecular weight is 491 g/mol. The maximum atomic E-state index is 13.5. The molecule has 3 rings (SSSR count). The van der Waals surface area contributed by atoms with E-state index in [1.807, 2.05) is 33.8 Å². The number of nitrogens with zero attached hydrogens (tertiary/aromatic N) is 1. The van der Waals surface area contributed by atoms with Gasteiger partial charge in [-0.3, -0.25) is 14.4 Å². The molecule has 3 aliphatic rings. The number of allylic oxidation sites excluding steroid dienone is 1. The van der Waals surface area contributed by atoms with Gasteiger partial charge in [0.1, 0.15) is 11.6 Å². The van der Waals surface area contributed by atoms with Gasteiger partial charge in [0, 0.05) is 24.5 Å². The molecular weight excluding hydrogens is 448 g/mol. The maximum Gasteiger partial charge on any atom is 0.408 e. The standard InChI is InChI=1S/C26H42N4O5/c1-5-15-27-23(33)26-17-18(26)12-9-7-6-8-10-14-20(35-24(34)29-25(2,3)4)22(32)30-16-11-13-19(30)21(31)28-26/h9,12,18-20H,5-8,10-11,13-17H2,1-4H3,(H,27,33)(H,28,31)(H,29,34)/t18-,19+,20+,26-/m1/s1. The van der Waals surface area contributed by atoms with Crippen molar-refractivity contribution in [2.24, 2.45) is 5.92 Å². The molecule has 2 heterocycles. The highest BCUT2D eigenvalue weighted by atomic mass is 16.6. The van der Waals surface area contributed by atoms with Crippen LogP contribution in [0, 0.1) is 5.92 Å². The third kappa shape index (κ3) is 6.98. The molecule has 0 aromatic heterocycles. The first-order valence-corrected chi connectivity index (χ1v) is 13.1. The van der Waals surface area contributed by atoms with Crippen LogP contribution < -0.4 is 16.0 Å². The van der Waals surface area contributed by atoms with Crippen molar-refractivity contribution < 1.29 is 23.9 Å². The van der Waals surface area contributed by atoms with E-state index in [-0.39, 0.29) is 23.6 Å². The summed E-state index contributed by atoms with van der Waals surface area (Å²) >= 11 is 0. The first-order chi connectivity index (χ1) is 16.6. The second-order valence-corrected chi connectivity index (χ2v) is 11.1. The summed E-state index contributed by atoms with van der Waals surface area (Å²) in [7, 11) is 0. The van der Waals surface area contributed by atoms with Crippen molar-refractivity contribution in [3.05, 3.63) is 12.2 Å². The molecular formula is C26H42N4O5. The smallest absolute Gasteiger partial charge is 0.408 e. The number of fused-ring (bicyclic) bond motifs is 2. The number of rotatable bonds is 4. The minimum Gasteiger partial charge on any atom is -0.436 e. The molecule has 4 amide bonds. The summed E-state index contributed by atoms with van der Waals surface area (Å²) in [6.07, 6.45) is 8.97. The van der Waals surface area contributed by atoms with Crippen LogP contribution in [0.2, 0.25) is 0 Å². The number of hydrogen-bond donors (Lipinski definition) is 3. The number of amides is 4. The molecule has 9 heteroatoms. The lowest BCUT2D eigenvalue weighted by Gasteiger charge is -2.30. The van der Waals surface area contributed by atoms with Crippen molar-refractivity contribution in [3.63, 3.8) is 0 Å². The topological polar surface area (TPSA) is 117 Å². The van der Waals surface area contributed by atoms with Crippen molar-refractivity contribution in [1.29, 1.82) is 0 Å². The fourth-order valence-corrected chi connectivity index (χ4v) is 4.90. The normalized spacial score (nSPS) is 29.7. The number of hydrogen-bond acceptors (Lipinski definition) is 5. The second-order valence-electron chi connectivity index (χ2n) is 11.1. The molecule has 0 radical (unpaired) electrons. The van der Waals surface area contributed by atoms with E-state index in [0.29, 0.717) is 38.8 Å². The molecule has 9 nitrogen and oxygen atoms in total. The summed E-state index contributed by atoms with van der Waals surface area (Å²) in [4.78, 5) is 53.9. The van der Waals surface area contributed by atoms with Gasteiger partial charge in [0.05, 0.1) is 0 Å². The van der Waals surface area contributed by atoms with Crippen LogP contribution in [0.25, 0.3) is 0 Å². The van der Waals surface area contributed by atoms with E-state index in [2.05, 4.69) is 22.0 Å². The summed E-state index contributed by atoms with van der Waals surface area (Å²) < 4.78 is 5.59. The van der Waals surface area contributed by atoms with Gasteiger partial charge < -0.3 is 25.6 Å². The van der Waals surface area contributed by atoms with Crippen LogP contribution in [0.15, 0.2) is 12.2 Å². The van der Waals surface area contributed by atoms with E-state index in [0.717, 1.165) is 32.1 Å². The molecule has 0 spiro atoms. The maximum absolute atomic E-state index is 13.5. The van der Waals surface area contributed by atoms with Crippen molar-refractivity contribution in [2.75, 3.05) is 13.1 Å². The Morgan fingerprint density at radius 3 is 2.66 bits per heavy atom. The van der Waals surface area contributed by atoms with Gasteiger partial charge in [0.25, 0.3) is 5.91 Å². The molecule has 1 saturated heterocycles. The van der Waals surface area contributed by atoms with Crippen LogP contribution in [0.4, 0.5) is 4.79 Å². The lowest BCUT2D eigenvalue weighted by atomic mass is 10.1. The zero-order chi connectivity index (χ0) is 25.6. The summed E-state index contributed by atoms with van der Waals surface area (Å²) in [5.74, 6) is -0.860. The highest BCUT2D eigenvalue weighted by Gasteiger charge is 2.60. The van der Waals surface area contributed by atoms with E-state index < -0.39 is 29.3 Å². The summed E-state index contributed by atoms with van der Waals surface area (Å²) in [6, 6.07) is -0.675. The Labute approximate surface area is 208 Å².